The van der Waals surface area contributed by atoms with Crippen LogP contribution in [0.1, 0.15) is 49.5 Å². The summed E-state index contributed by atoms with van der Waals surface area (Å²) in [6.07, 6.45) is 1.15. The van der Waals surface area contributed by atoms with E-state index in [-0.39, 0.29) is 29.4 Å². The van der Waals surface area contributed by atoms with Gasteiger partial charge >= 0.3 is 6.09 Å². The number of phenols is 1. The second kappa shape index (κ2) is 8.00. The summed E-state index contributed by atoms with van der Waals surface area (Å²) in [7, 11) is 0. The summed E-state index contributed by atoms with van der Waals surface area (Å²) >= 11 is 5.95. The summed E-state index contributed by atoms with van der Waals surface area (Å²) in [5.41, 5.74) is 0.708. The number of likely N-dealkylation sites (tertiary alicyclic amines) is 1. The van der Waals surface area contributed by atoms with E-state index in [9.17, 15) is 14.7 Å². The van der Waals surface area contributed by atoms with Crippen molar-refractivity contribution in [1.82, 2.24) is 4.90 Å². The number of fused-ring (bicyclic) bond motifs is 1. The molecule has 1 aliphatic heterocycles. The average molecular weight is 404 g/mol. The highest BCUT2D eigenvalue weighted by molar-refractivity contribution is 6.18. The Hall–Kier alpha value is -2.27. The van der Waals surface area contributed by atoms with Gasteiger partial charge in [-0.05, 0) is 56.5 Å². The molecular weight excluding hydrogens is 378 g/mol. The van der Waals surface area contributed by atoms with E-state index in [1.807, 2.05) is 32.9 Å². The highest BCUT2D eigenvalue weighted by Gasteiger charge is 2.31. The average Bonchev–Trinajstić information content (AvgIpc) is 2.66. The molecule has 1 fully saturated rings. The van der Waals surface area contributed by atoms with Gasteiger partial charge in [-0.1, -0.05) is 18.2 Å². The van der Waals surface area contributed by atoms with Crippen LogP contribution in [0.4, 0.5) is 4.79 Å². The molecule has 0 radical (unpaired) electrons. The SMILES string of the molecule is CC(C)(C)OC(=O)N1CCCC(C(=O)c2ccc3c(CCl)c(O)ccc3c2)C1. The Morgan fingerprint density at radius 1 is 1.25 bits per heavy atom. The van der Waals surface area contributed by atoms with Crippen LogP contribution in [0.15, 0.2) is 30.3 Å². The number of piperidine rings is 1. The highest BCUT2D eigenvalue weighted by Crippen LogP contribution is 2.30. The topological polar surface area (TPSA) is 66.8 Å². The van der Waals surface area contributed by atoms with Crippen molar-refractivity contribution in [2.45, 2.75) is 45.1 Å². The summed E-state index contributed by atoms with van der Waals surface area (Å²) in [6, 6.07) is 8.81. The fraction of sp³-hybridized carbons (Fsp3) is 0.455. The normalized spacial score (nSPS) is 17.6. The zero-order chi connectivity index (χ0) is 20.5. The fourth-order valence-corrected chi connectivity index (χ4v) is 3.88. The smallest absolute Gasteiger partial charge is 0.410 e. The van der Waals surface area contributed by atoms with E-state index in [1.54, 1.807) is 23.1 Å². The lowest BCUT2D eigenvalue weighted by molar-refractivity contribution is 0.0172. The van der Waals surface area contributed by atoms with E-state index in [0.29, 0.717) is 24.2 Å². The lowest BCUT2D eigenvalue weighted by Gasteiger charge is -2.33. The van der Waals surface area contributed by atoms with Crippen LogP contribution in [0.25, 0.3) is 10.8 Å². The van der Waals surface area contributed by atoms with Crippen molar-refractivity contribution in [3.8, 4) is 5.75 Å². The molecule has 6 heteroatoms. The number of Topliss-reactive ketones (excluding diaryl/α,β-unsaturated/α-hetero) is 1. The quantitative estimate of drug-likeness (QED) is 0.571. The van der Waals surface area contributed by atoms with Gasteiger partial charge in [0.15, 0.2) is 5.78 Å². The third-order valence-corrected chi connectivity index (χ3v) is 5.24. The van der Waals surface area contributed by atoms with E-state index in [4.69, 9.17) is 16.3 Å². The van der Waals surface area contributed by atoms with E-state index >= 15 is 0 Å². The highest BCUT2D eigenvalue weighted by atomic mass is 35.5. The second-order valence-electron chi connectivity index (χ2n) is 8.26. The zero-order valence-corrected chi connectivity index (χ0v) is 17.3. The number of alkyl halides is 1. The van der Waals surface area contributed by atoms with Crippen molar-refractivity contribution in [2.75, 3.05) is 13.1 Å². The Morgan fingerprint density at radius 3 is 2.68 bits per heavy atom. The molecule has 28 heavy (non-hydrogen) atoms. The van der Waals surface area contributed by atoms with Crippen LogP contribution >= 0.6 is 11.6 Å². The predicted octanol–water partition coefficient (Wildman–Crippen LogP) is 5.11. The van der Waals surface area contributed by atoms with Gasteiger partial charge in [0.1, 0.15) is 11.4 Å². The van der Waals surface area contributed by atoms with Crippen LogP contribution in [-0.2, 0) is 10.6 Å². The van der Waals surface area contributed by atoms with E-state index in [0.717, 1.165) is 23.6 Å². The number of nitrogens with zero attached hydrogens (tertiary/aromatic N) is 1. The number of phenolic OH excluding ortho intramolecular Hbond substituents is 1. The number of carbonyl (C=O) groups excluding carboxylic acids is 2. The summed E-state index contributed by atoms with van der Waals surface area (Å²) in [5.74, 6) is 0.130. The van der Waals surface area contributed by atoms with Crippen LogP contribution in [-0.4, -0.2) is 40.6 Å². The zero-order valence-electron chi connectivity index (χ0n) is 16.5. The van der Waals surface area contributed by atoms with E-state index < -0.39 is 5.60 Å². The Balaban J connectivity index is 1.79. The molecule has 1 atom stereocenters. The Kier molecular flexibility index (Phi) is 5.84. The van der Waals surface area contributed by atoms with Gasteiger partial charge in [0.2, 0.25) is 0 Å². The minimum absolute atomic E-state index is 0.0238. The largest absolute Gasteiger partial charge is 0.508 e. The lowest BCUT2D eigenvalue weighted by Crippen LogP contribution is -2.44. The number of rotatable bonds is 3. The third-order valence-electron chi connectivity index (χ3n) is 4.97. The minimum atomic E-state index is -0.557. The predicted molar refractivity (Wildman–Crippen MR) is 110 cm³/mol. The van der Waals surface area contributed by atoms with Gasteiger partial charge in [-0.25, -0.2) is 4.79 Å². The molecule has 3 rings (SSSR count). The Morgan fingerprint density at radius 2 is 2.00 bits per heavy atom. The molecule has 1 N–H and O–H groups in total. The molecule has 0 spiro atoms. The van der Waals surface area contributed by atoms with Crippen LogP contribution in [0.5, 0.6) is 5.75 Å². The van der Waals surface area contributed by atoms with Crippen molar-refractivity contribution in [2.24, 2.45) is 5.92 Å². The number of carbonyl (C=O) groups is 2. The monoisotopic (exact) mass is 403 g/mol. The molecule has 1 saturated heterocycles. The Bertz CT molecular complexity index is 903. The number of ketones is 1. The molecule has 2 aromatic carbocycles. The molecule has 5 nitrogen and oxygen atoms in total. The van der Waals surface area contributed by atoms with Gasteiger partial charge < -0.3 is 14.7 Å². The van der Waals surface area contributed by atoms with E-state index in [1.165, 1.54) is 0 Å². The molecule has 1 unspecified atom stereocenters. The van der Waals surface area contributed by atoms with E-state index in [2.05, 4.69) is 0 Å². The summed E-state index contributed by atoms with van der Waals surface area (Å²) in [6.45, 7) is 6.47. The summed E-state index contributed by atoms with van der Waals surface area (Å²) < 4.78 is 5.44. The summed E-state index contributed by atoms with van der Waals surface area (Å²) in [4.78, 5) is 27.0. The van der Waals surface area contributed by atoms with Gasteiger partial charge in [-0.2, -0.15) is 0 Å². The summed E-state index contributed by atoms with van der Waals surface area (Å²) in [5, 5.41) is 11.7. The molecule has 1 aliphatic rings. The third kappa shape index (κ3) is 4.41. The first-order valence-electron chi connectivity index (χ1n) is 9.52. The van der Waals surface area contributed by atoms with Crippen LogP contribution < -0.4 is 0 Å². The maximum Gasteiger partial charge on any atom is 0.410 e. The van der Waals surface area contributed by atoms with Crippen LogP contribution in [0, 0.1) is 5.92 Å². The molecule has 1 heterocycles. The molecule has 0 aromatic heterocycles. The Labute approximate surface area is 170 Å². The standard InChI is InChI=1S/C22H26ClNO4/c1-22(2,3)28-21(27)24-10-4-5-16(13-24)20(26)15-6-8-17-14(11-15)7-9-19(25)18(17)12-23/h6-9,11,16,25H,4-5,10,12-13H2,1-3H3. The first-order valence-corrected chi connectivity index (χ1v) is 10.1. The maximum atomic E-state index is 13.1. The number of aromatic hydroxyl groups is 1. The van der Waals surface area contributed by atoms with Gasteiger partial charge in [0.05, 0.1) is 5.88 Å². The van der Waals surface area contributed by atoms with Crippen molar-refractivity contribution in [3.05, 3.63) is 41.5 Å². The van der Waals surface area contributed by atoms with Crippen molar-refractivity contribution >= 4 is 34.2 Å². The molecule has 0 aliphatic carbocycles. The minimum Gasteiger partial charge on any atom is -0.508 e. The fourth-order valence-electron chi connectivity index (χ4n) is 3.60. The van der Waals surface area contributed by atoms with Crippen LogP contribution in [0.2, 0.25) is 0 Å². The number of benzene rings is 2. The lowest BCUT2D eigenvalue weighted by atomic mass is 9.89. The number of amides is 1. The molecule has 0 saturated carbocycles. The number of hydrogen-bond donors (Lipinski definition) is 1. The molecule has 2 aromatic rings. The molecule has 1 amide bonds. The van der Waals surface area contributed by atoms with Crippen molar-refractivity contribution in [3.63, 3.8) is 0 Å². The number of hydrogen-bond acceptors (Lipinski definition) is 4. The second-order valence-corrected chi connectivity index (χ2v) is 8.53. The van der Waals surface area contributed by atoms with Gasteiger partial charge in [0, 0.05) is 30.1 Å². The van der Waals surface area contributed by atoms with Crippen LogP contribution in [0.3, 0.4) is 0 Å². The first-order chi connectivity index (χ1) is 13.2. The maximum absolute atomic E-state index is 13.1. The number of halogens is 1. The molecular formula is C22H26ClNO4. The van der Waals surface area contributed by atoms with Gasteiger partial charge in [0.25, 0.3) is 0 Å². The van der Waals surface area contributed by atoms with Crippen molar-refractivity contribution < 1.29 is 19.4 Å². The molecule has 150 valence electrons. The first kappa shape index (κ1) is 20.5. The molecule has 0 bridgehead atoms. The van der Waals surface area contributed by atoms with Gasteiger partial charge in [-0.15, -0.1) is 11.6 Å². The van der Waals surface area contributed by atoms with Gasteiger partial charge in [-0.3, -0.25) is 4.79 Å². The number of ether oxygens (including phenoxy) is 1. The van der Waals surface area contributed by atoms with Crippen molar-refractivity contribution in [1.29, 1.82) is 0 Å².